The molecule has 23 heavy (non-hydrogen) atoms. The number of hydrogen-bond donors (Lipinski definition) is 1. The topological polar surface area (TPSA) is 82.3 Å². The third-order valence-electron chi connectivity index (χ3n) is 2.88. The molecule has 2 rings (SSSR count). The lowest BCUT2D eigenvalue weighted by molar-refractivity contribution is 0.00692. The van der Waals surface area contributed by atoms with Crippen LogP contribution in [0.2, 0.25) is 0 Å². The maximum Gasteiger partial charge on any atom is 0.341 e. The molecule has 0 atom stereocenters. The third kappa shape index (κ3) is 4.16. The van der Waals surface area contributed by atoms with Gasteiger partial charge in [-0.15, -0.1) is 0 Å². The van der Waals surface area contributed by atoms with Gasteiger partial charge in [-0.05, 0) is 45.0 Å². The summed E-state index contributed by atoms with van der Waals surface area (Å²) in [6.07, 6.45) is 1.52. The van der Waals surface area contributed by atoms with E-state index in [1.165, 1.54) is 6.20 Å². The number of carbonyl (C=O) groups excluding carboxylic acids is 2. The van der Waals surface area contributed by atoms with Crippen molar-refractivity contribution < 1.29 is 14.3 Å². The van der Waals surface area contributed by atoms with Gasteiger partial charge in [0.1, 0.15) is 11.3 Å². The largest absolute Gasteiger partial charge is 0.456 e. The molecule has 1 aromatic heterocycles. The van der Waals surface area contributed by atoms with Crippen molar-refractivity contribution in [3.63, 3.8) is 0 Å². The average molecular weight is 377 g/mol. The van der Waals surface area contributed by atoms with Gasteiger partial charge < -0.3 is 10.5 Å². The molecule has 0 radical (unpaired) electrons. The molecule has 120 valence electrons. The van der Waals surface area contributed by atoms with Crippen molar-refractivity contribution in [2.24, 2.45) is 0 Å². The zero-order chi connectivity index (χ0) is 17.2. The zero-order valence-corrected chi connectivity index (χ0v) is 14.7. The molecule has 1 aromatic carbocycles. The molecule has 1 heterocycles. The van der Waals surface area contributed by atoms with Crippen molar-refractivity contribution in [3.05, 3.63) is 57.8 Å². The van der Waals surface area contributed by atoms with E-state index in [-0.39, 0.29) is 28.3 Å². The number of esters is 1. The Morgan fingerprint density at radius 2 is 1.91 bits per heavy atom. The number of nitrogen functional groups attached to an aromatic ring is 1. The van der Waals surface area contributed by atoms with E-state index < -0.39 is 11.6 Å². The average Bonchev–Trinajstić information content (AvgIpc) is 2.44. The van der Waals surface area contributed by atoms with Crippen LogP contribution in [0.1, 0.15) is 47.2 Å². The van der Waals surface area contributed by atoms with Gasteiger partial charge in [0.2, 0.25) is 5.78 Å². The summed E-state index contributed by atoms with van der Waals surface area (Å²) in [6, 6.07) is 8.11. The van der Waals surface area contributed by atoms with E-state index in [9.17, 15) is 9.59 Å². The summed E-state index contributed by atoms with van der Waals surface area (Å²) < 4.78 is 5.96. The normalized spacial score (nSPS) is 11.1. The summed E-state index contributed by atoms with van der Waals surface area (Å²) in [5.41, 5.74) is 5.88. The molecule has 0 aliphatic carbocycles. The highest BCUT2D eigenvalue weighted by Crippen LogP contribution is 2.27. The monoisotopic (exact) mass is 376 g/mol. The summed E-state index contributed by atoms with van der Waals surface area (Å²) >= 11 is 3.29. The van der Waals surface area contributed by atoms with Crippen LogP contribution in [-0.4, -0.2) is 22.3 Å². The molecule has 0 spiro atoms. The zero-order valence-electron chi connectivity index (χ0n) is 13.1. The molecule has 0 aliphatic rings. The van der Waals surface area contributed by atoms with Crippen LogP contribution in [0.15, 0.2) is 41.0 Å². The summed E-state index contributed by atoms with van der Waals surface area (Å²) in [7, 11) is 0. The minimum atomic E-state index is -0.693. The van der Waals surface area contributed by atoms with Crippen LogP contribution in [0.25, 0.3) is 0 Å². The quantitative estimate of drug-likeness (QED) is 0.502. The number of rotatable bonds is 3. The molecule has 0 saturated carbocycles. The highest BCUT2D eigenvalue weighted by Gasteiger charge is 2.26. The molecule has 0 fully saturated rings. The number of benzene rings is 1. The number of ketones is 1. The smallest absolute Gasteiger partial charge is 0.341 e. The summed E-state index contributed by atoms with van der Waals surface area (Å²) in [4.78, 5) is 29.2. The Balaban J connectivity index is 2.55. The number of anilines is 1. The molecule has 5 nitrogen and oxygen atoms in total. The van der Waals surface area contributed by atoms with E-state index in [1.54, 1.807) is 51.1 Å². The molecule has 0 aliphatic heterocycles. The van der Waals surface area contributed by atoms with Crippen molar-refractivity contribution in [2.45, 2.75) is 26.4 Å². The minimum absolute atomic E-state index is 0.0544. The lowest BCUT2D eigenvalue weighted by Gasteiger charge is -2.21. The lowest BCUT2D eigenvalue weighted by atomic mass is 9.99. The van der Waals surface area contributed by atoms with Gasteiger partial charge in [-0.2, -0.15) is 0 Å². The predicted molar refractivity (Wildman–Crippen MR) is 91.4 cm³/mol. The van der Waals surface area contributed by atoms with E-state index in [1.807, 2.05) is 0 Å². The number of halogens is 1. The second-order valence-corrected chi connectivity index (χ2v) is 6.88. The van der Waals surface area contributed by atoms with Crippen LogP contribution >= 0.6 is 15.9 Å². The fourth-order valence-corrected chi connectivity index (χ4v) is 2.47. The maximum absolute atomic E-state index is 12.7. The van der Waals surface area contributed by atoms with E-state index in [0.29, 0.717) is 4.47 Å². The molecule has 6 heteroatoms. The van der Waals surface area contributed by atoms with E-state index in [4.69, 9.17) is 10.5 Å². The van der Waals surface area contributed by atoms with Crippen LogP contribution in [-0.2, 0) is 4.74 Å². The Labute approximate surface area is 143 Å². The van der Waals surface area contributed by atoms with E-state index >= 15 is 0 Å². The van der Waals surface area contributed by atoms with Crippen molar-refractivity contribution in [1.82, 2.24) is 4.98 Å². The SMILES string of the molecule is CC(C)(C)OC(=O)c1c(N)cc(Br)cc1C(=O)c1ccccn1. The van der Waals surface area contributed by atoms with Gasteiger partial charge in [0.15, 0.2) is 0 Å². The van der Waals surface area contributed by atoms with Crippen LogP contribution in [0, 0.1) is 0 Å². The number of aromatic nitrogens is 1. The van der Waals surface area contributed by atoms with Crippen LogP contribution < -0.4 is 5.73 Å². The van der Waals surface area contributed by atoms with Gasteiger partial charge in [0.05, 0.1) is 5.56 Å². The van der Waals surface area contributed by atoms with Crippen molar-refractivity contribution in [2.75, 3.05) is 5.73 Å². The maximum atomic E-state index is 12.7. The van der Waals surface area contributed by atoms with Crippen LogP contribution in [0.4, 0.5) is 5.69 Å². The fraction of sp³-hybridized carbons (Fsp3) is 0.235. The molecule has 2 aromatic rings. The first-order chi connectivity index (χ1) is 10.7. The number of ether oxygens (including phenoxy) is 1. The van der Waals surface area contributed by atoms with E-state index in [2.05, 4.69) is 20.9 Å². The first-order valence-corrected chi connectivity index (χ1v) is 7.76. The molecular formula is C17H17BrN2O3. The second kappa shape index (κ2) is 6.50. The molecule has 0 amide bonds. The summed E-state index contributed by atoms with van der Waals surface area (Å²) in [5, 5.41) is 0. The molecular weight excluding hydrogens is 360 g/mol. The first-order valence-electron chi connectivity index (χ1n) is 6.97. The highest BCUT2D eigenvalue weighted by molar-refractivity contribution is 9.10. The molecule has 2 N–H and O–H groups in total. The summed E-state index contributed by atoms with van der Waals surface area (Å²) in [5.74, 6) is -1.03. The summed E-state index contributed by atoms with van der Waals surface area (Å²) in [6.45, 7) is 5.25. The van der Waals surface area contributed by atoms with Crippen molar-refractivity contribution >= 4 is 33.4 Å². The molecule has 0 saturated heterocycles. The Morgan fingerprint density at radius 3 is 2.48 bits per heavy atom. The highest BCUT2D eigenvalue weighted by atomic mass is 79.9. The standard InChI is InChI=1S/C17H17BrN2O3/c1-17(2,3)23-16(22)14-11(8-10(18)9-12(14)19)15(21)13-6-4-5-7-20-13/h4-9H,19H2,1-3H3. The second-order valence-electron chi connectivity index (χ2n) is 5.96. The van der Waals surface area contributed by atoms with E-state index in [0.717, 1.165) is 0 Å². The Bertz CT molecular complexity index is 752. The van der Waals surface area contributed by atoms with Crippen molar-refractivity contribution in [1.29, 1.82) is 0 Å². The molecule has 0 bridgehead atoms. The lowest BCUT2D eigenvalue weighted by Crippen LogP contribution is -2.26. The van der Waals surface area contributed by atoms with Gasteiger partial charge in [0, 0.05) is 21.9 Å². The minimum Gasteiger partial charge on any atom is -0.456 e. The third-order valence-corrected chi connectivity index (χ3v) is 3.34. The van der Waals surface area contributed by atoms with Crippen molar-refractivity contribution in [3.8, 4) is 0 Å². The van der Waals surface area contributed by atoms with Gasteiger partial charge in [0.25, 0.3) is 0 Å². The van der Waals surface area contributed by atoms with Gasteiger partial charge in [-0.25, -0.2) is 4.79 Å². The predicted octanol–water partition coefficient (Wildman–Crippen LogP) is 3.61. The van der Waals surface area contributed by atoms with Gasteiger partial charge in [-0.1, -0.05) is 22.0 Å². The number of pyridine rings is 1. The van der Waals surface area contributed by atoms with Gasteiger partial charge in [-0.3, -0.25) is 9.78 Å². The number of nitrogens with two attached hydrogens (primary N) is 1. The first kappa shape index (κ1) is 17.1. The van der Waals surface area contributed by atoms with Crippen LogP contribution in [0.3, 0.4) is 0 Å². The van der Waals surface area contributed by atoms with Gasteiger partial charge >= 0.3 is 5.97 Å². The number of nitrogens with zero attached hydrogens (tertiary/aromatic N) is 1. The Kier molecular flexibility index (Phi) is 4.85. The number of carbonyl (C=O) groups is 2. The number of hydrogen-bond acceptors (Lipinski definition) is 5. The molecule has 0 unspecified atom stereocenters. The van der Waals surface area contributed by atoms with Crippen LogP contribution in [0.5, 0.6) is 0 Å². The Morgan fingerprint density at radius 1 is 1.22 bits per heavy atom. The Hall–Kier alpha value is -2.21. The fourth-order valence-electron chi connectivity index (χ4n) is 2.00.